The number of nitrogens with zero attached hydrogens (tertiary/aromatic N) is 1. The molecular formula is C19H23N3O4. The molecule has 7 nitrogen and oxygen atoms in total. The van der Waals surface area contributed by atoms with Crippen LogP contribution in [0.1, 0.15) is 36.8 Å². The van der Waals surface area contributed by atoms with Gasteiger partial charge < -0.3 is 15.4 Å². The molecule has 1 aromatic carbocycles. The van der Waals surface area contributed by atoms with E-state index in [9.17, 15) is 14.4 Å². The fraction of sp³-hybridized carbons (Fsp3) is 0.526. The van der Waals surface area contributed by atoms with Gasteiger partial charge in [0.05, 0.1) is 6.10 Å². The average molecular weight is 357 g/mol. The Balaban J connectivity index is 1.47. The third kappa shape index (κ3) is 2.86. The van der Waals surface area contributed by atoms with Crippen LogP contribution in [0.4, 0.5) is 4.79 Å². The number of carbonyl (C=O) groups is 3. The highest BCUT2D eigenvalue weighted by Crippen LogP contribution is 2.39. The number of aryl methyl sites for hydroxylation is 1. The van der Waals surface area contributed by atoms with Crippen LogP contribution in [0.25, 0.3) is 0 Å². The predicted molar refractivity (Wildman–Crippen MR) is 93.3 cm³/mol. The molecule has 2 saturated heterocycles. The highest BCUT2D eigenvalue weighted by molar-refractivity contribution is 6.09. The molecule has 2 aliphatic heterocycles. The van der Waals surface area contributed by atoms with Gasteiger partial charge in [-0.25, -0.2) is 4.79 Å². The first-order valence-electron chi connectivity index (χ1n) is 9.21. The molecule has 0 saturated carbocycles. The number of benzene rings is 1. The third-order valence-electron chi connectivity index (χ3n) is 5.50. The first-order valence-corrected chi connectivity index (χ1v) is 9.21. The van der Waals surface area contributed by atoms with Crippen LogP contribution in [0.5, 0.6) is 0 Å². The van der Waals surface area contributed by atoms with Crippen molar-refractivity contribution in [3.8, 4) is 0 Å². The van der Waals surface area contributed by atoms with Gasteiger partial charge >= 0.3 is 6.03 Å². The van der Waals surface area contributed by atoms with Crippen molar-refractivity contribution in [1.82, 2.24) is 15.5 Å². The Kier molecular flexibility index (Phi) is 4.40. The zero-order valence-corrected chi connectivity index (χ0v) is 14.6. The zero-order chi connectivity index (χ0) is 18.1. The van der Waals surface area contributed by atoms with E-state index in [0.717, 1.165) is 48.3 Å². The van der Waals surface area contributed by atoms with Crippen LogP contribution in [0.3, 0.4) is 0 Å². The van der Waals surface area contributed by atoms with E-state index < -0.39 is 11.6 Å². The molecule has 1 aromatic rings. The minimum absolute atomic E-state index is 0.0265. The van der Waals surface area contributed by atoms with E-state index in [0.29, 0.717) is 13.0 Å². The van der Waals surface area contributed by atoms with E-state index in [4.69, 9.17) is 4.74 Å². The molecule has 0 radical (unpaired) electrons. The molecule has 26 heavy (non-hydrogen) atoms. The van der Waals surface area contributed by atoms with Gasteiger partial charge in [0.2, 0.25) is 5.91 Å². The van der Waals surface area contributed by atoms with E-state index in [-0.39, 0.29) is 24.5 Å². The Hall–Kier alpha value is -2.41. The fourth-order valence-corrected chi connectivity index (χ4v) is 4.19. The normalized spacial score (nSPS) is 27.5. The van der Waals surface area contributed by atoms with Gasteiger partial charge in [0, 0.05) is 13.2 Å². The summed E-state index contributed by atoms with van der Waals surface area (Å²) in [7, 11) is 0. The van der Waals surface area contributed by atoms with E-state index >= 15 is 0 Å². The first kappa shape index (κ1) is 17.0. The summed E-state index contributed by atoms with van der Waals surface area (Å²) in [6.07, 6.45) is 4.21. The molecule has 2 atom stereocenters. The highest BCUT2D eigenvalue weighted by Gasteiger charge is 2.54. The number of fused-ring (bicyclic) bond motifs is 2. The number of imide groups is 1. The molecule has 1 aliphatic carbocycles. The summed E-state index contributed by atoms with van der Waals surface area (Å²) in [5.74, 6) is -0.674. The number of hydrogen-bond donors (Lipinski definition) is 2. The molecule has 2 heterocycles. The van der Waals surface area contributed by atoms with Gasteiger partial charge in [-0.3, -0.25) is 14.5 Å². The van der Waals surface area contributed by atoms with Gasteiger partial charge in [-0.2, -0.15) is 0 Å². The quantitative estimate of drug-likeness (QED) is 0.789. The molecule has 0 unspecified atom stereocenters. The minimum atomic E-state index is -1.03. The van der Waals surface area contributed by atoms with Crippen molar-refractivity contribution in [2.75, 3.05) is 19.7 Å². The number of amides is 4. The van der Waals surface area contributed by atoms with Crippen molar-refractivity contribution < 1.29 is 19.1 Å². The molecule has 7 heteroatoms. The lowest BCUT2D eigenvalue weighted by molar-refractivity contribution is -0.135. The SMILES string of the molecule is O=C(CN1C(=O)N[C@]2(CCCc3ccccc32)C1=O)NC[C@H]1CCCO1. The van der Waals surface area contributed by atoms with Gasteiger partial charge in [0.15, 0.2) is 0 Å². The lowest BCUT2D eigenvalue weighted by Crippen LogP contribution is -2.47. The molecule has 4 amide bonds. The standard InChI is InChI=1S/C19H23N3O4/c23-16(20-11-14-7-4-10-26-14)12-22-17(24)19(21-18(22)25)9-3-6-13-5-1-2-8-15(13)19/h1-2,5,8,14H,3-4,6-7,9-12H2,(H,20,23)(H,21,25)/t14-,19+/m1/s1. The van der Waals surface area contributed by atoms with Crippen LogP contribution in [0.15, 0.2) is 24.3 Å². The molecule has 138 valence electrons. The largest absolute Gasteiger partial charge is 0.376 e. The topological polar surface area (TPSA) is 87.7 Å². The van der Waals surface area contributed by atoms with E-state index in [2.05, 4.69) is 10.6 Å². The van der Waals surface area contributed by atoms with E-state index in [1.807, 2.05) is 24.3 Å². The zero-order valence-electron chi connectivity index (χ0n) is 14.6. The van der Waals surface area contributed by atoms with Crippen LogP contribution in [-0.4, -0.2) is 48.5 Å². The summed E-state index contributed by atoms with van der Waals surface area (Å²) in [4.78, 5) is 38.8. The van der Waals surface area contributed by atoms with Crippen molar-refractivity contribution in [3.63, 3.8) is 0 Å². The van der Waals surface area contributed by atoms with Gasteiger partial charge in [-0.1, -0.05) is 24.3 Å². The summed E-state index contributed by atoms with van der Waals surface area (Å²) in [6, 6.07) is 7.21. The van der Waals surface area contributed by atoms with Crippen molar-refractivity contribution in [2.45, 2.75) is 43.7 Å². The number of ether oxygens (including phenoxy) is 1. The number of carbonyl (C=O) groups excluding carboxylic acids is 3. The summed E-state index contributed by atoms with van der Waals surface area (Å²) in [6.45, 7) is 0.868. The molecule has 4 rings (SSSR count). The molecule has 2 fully saturated rings. The van der Waals surface area contributed by atoms with E-state index in [1.165, 1.54) is 0 Å². The molecule has 3 aliphatic rings. The van der Waals surface area contributed by atoms with Gasteiger partial charge in [0.1, 0.15) is 12.1 Å². The Morgan fingerprint density at radius 3 is 2.96 bits per heavy atom. The number of urea groups is 1. The van der Waals surface area contributed by atoms with Crippen LogP contribution in [0, 0.1) is 0 Å². The lowest BCUT2D eigenvalue weighted by Gasteiger charge is -2.33. The average Bonchev–Trinajstić information content (AvgIpc) is 3.24. The summed E-state index contributed by atoms with van der Waals surface area (Å²) in [5, 5.41) is 5.63. The van der Waals surface area contributed by atoms with Crippen LogP contribution in [0.2, 0.25) is 0 Å². The smallest absolute Gasteiger partial charge is 0.325 e. The van der Waals surface area contributed by atoms with E-state index in [1.54, 1.807) is 0 Å². The number of hydrogen-bond acceptors (Lipinski definition) is 4. The molecule has 1 spiro atoms. The monoisotopic (exact) mass is 357 g/mol. The summed E-state index contributed by atoms with van der Waals surface area (Å²) < 4.78 is 5.47. The first-order chi connectivity index (χ1) is 12.6. The van der Waals surface area contributed by atoms with Crippen molar-refractivity contribution in [2.24, 2.45) is 0 Å². The Morgan fingerprint density at radius 1 is 1.31 bits per heavy atom. The molecular weight excluding hydrogens is 334 g/mol. The molecule has 2 N–H and O–H groups in total. The lowest BCUT2D eigenvalue weighted by atomic mass is 9.76. The molecule has 0 bridgehead atoms. The van der Waals surface area contributed by atoms with Crippen LogP contribution in [-0.2, 0) is 26.3 Å². The Bertz CT molecular complexity index is 744. The van der Waals surface area contributed by atoms with Gasteiger partial charge in [0.25, 0.3) is 5.91 Å². The third-order valence-corrected chi connectivity index (χ3v) is 5.50. The second-order valence-electron chi connectivity index (χ2n) is 7.18. The maximum Gasteiger partial charge on any atom is 0.325 e. The van der Waals surface area contributed by atoms with Crippen molar-refractivity contribution in [1.29, 1.82) is 0 Å². The minimum Gasteiger partial charge on any atom is -0.376 e. The second kappa shape index (κ2) is 6.72. The van der Waals surface area contributed by atoms with Crippen molar-refractivity contribution >= 4 is 17.8 Å². The van der Waals surface area contributed by atoms with Gasteiger partial charge in [-0.15, -0.1) is 0 Å². The predicted octanol–water partition coefficient (Wildman–Crippen LogP) is 1.07. The van der Waals surface area contributed by atoms with Crippen LogP contribution < -0.4 is 10.6 Å². The Morgan fingerprint density at radius 2 is 2.15 bits per heavy atom. The summed E-state index contributed by atoms with van der Waals surface area (Å²) in [5.41, 5.74) is 0.907. The fourth-order valence-electron chi connectivity index (χ4n) is 4.19. The highest BCUT2D eigenvalue weighted by atomic mass is 16.5. The number of rotatable bonds is 4. The Labute approximate surface area is 152 Å². The molecule has 0 aromatic heterocycles. The van der Waals surface area contributed by atoms with Gasteiger partial charge in [-0.05, 0) is 43.2 Å². The second-order valence-corrected chi connectivity index (χ2v) is 7.18. The number of nitrogens with one attached hydrogen (secondary N) is 2. The van der Waals surface area contributed by atoms with Crippen LogP contribution >= 0.6 is 0 Å². The maximum atomic E-state index is 13.1. The maximum absolute atomic E-state index is 13.1. The summed E-state index contributed by atoms with van der Waals surface area (Å²) >= 11 is 0. The van der Waals surface area contributed by atoms with Crippen molar-refractivity contribution in [3.05, 3.63) is 35.4 Å².